The second-order valence-corrected chi connectivity index (χ2v) is 6.11. The number of carbonyl (C=O) groups excluding carboxylic acids is 1. The Bertz CT molecular complexity index is 847. The summed E-state index contributed by atoms with van der Waals surface area (Å²) in [5.41, 5.74) is 1.73. The lowest BCUT2D eigenvalue weighted by atomic mass is 10.2. The van der Waals surface area contributed by atoms with Gasteiger partial charge in [-0.2, -0.15) is 5.10 Å². The molecule has 0 radical (unpaired) electrons. The average molecular weight is 421 g/mol. The summed E-state index contributed by atoms with van der Waals surface area (Å²) in [5, 5.41) is 6.95. The lowest BCUT2D eigenvalue weighted by molar-refractivity contribution is 0.102. The molecule has 0 saturated carbocycles. The molecule has 2 aromatic carbocycles. The van der Waals surface area contributed by atoms with Gasteiger partial charge in [0.05, 0.1) is 24.0 Å². The lowest BCUT2D eigenvalue weighted by Gasteiger charge is -2.05. The van der Waals surface area contributed by atoms with Gasteiger partial charge in [0.25, 0.3) is 5.91 Å². The van der Waals surface area contributed by atoms with E-state index in [4.69, 9.17) is 0 Å². The molecule has 0 aliphatic rings. The van der Waals surface area contributed by atoms with Crippen LogP contribution in [0.2, 0.25) is 0 Å². The van der Waals surface area contributed by atoms with Gasteiger partial charge in [-0.05, 0) is 40.8 Å². The molecule has 0 unspecified atom stereocenters. The van der Waals surface area contributed by atoms with Crippen LogP contribution >= 0.6 is 22.6 Å². The zero-order valence-corrected chi connectivity index (χ0v) is 14.2. The lowest BCUT2D eigenvalue weighted by Crippen LogP contribution is -2.12. The monoisotopic (exact) mass is 421 g/mol. The molecule has 0 bridgehead atoms. The molecule has 0 aliphatic heterocycles. The largest absolute Gasteiger partial charge is 0.319 e. The van der Waals surface area contributed by atoms with Crippen LogP contribution in [0.5, 0.6) is 0 Å². The van der Waals surface area contributed by atoms with Gasteiger partial charge in [-0.1, -0.05) is 30.3 Å². The second kappa shape index (κ2) is 6.91. The van der Waals surface area contributed by atoms with Crippen LogP contribution in [0.3, 0.4) is 0 Å². The van der Waals surface area contributed by atoms with Gasteiger partial charge in [-0.3, -0.25) is 9.48 Å². The SMILES string of the molecule is O=C(Nc1cnn(Cc2ccccc2F)c1)c1ccccc1I. The highest BCUT2D eigenvalue weighted by Crippen LogP contribution is 2.15. The Morgan fingerprint density at radius 1 is 1.17 bits per heavy atom. The fraction of sp³-hybridized carbons (Fsp3) is 0.0588. The number of carbonyl (C=O) groups is 1. The van der Waals surface area contributed by atoms with E-state index in [0.29, 0.717) is 23.4 Å². The van der Waals surface area contributed by atoms with E-state index < -0.39 is 0 Å². The molecule has 0 spiro atoms. The van der Waals surface area contributed by atoms with E-state index >= 15 is 0 Å². The molecule has 1 N–H and O–H groups in total. The first-order valence-electron chi connectivity index (χ1n) is 6.95. The molecule has 3 aromatic rings. The number of aromatic nitrogens is 2. The second-order valence-electron chi connectivity index (χ2n) is 4.95. The highest BCUT2D eigenvalue weighted by molar-refractivity contribution is 14.1. The Labute approximate surface area is 146 Å². The van der Waals surface area contributed by atoms with Crippen LogP contribution in [0.15, 0.2) is 60.9 Å². The molecule has 0 saturated heterocycles. The van der Waals surface area contributed by atoms with Crippen LogP contribution in [0.1, 0.15) is 15.9 Å². The predicted molar refractivity (Wildman–Crippen MR) is 94.8 cm³/mol. The van der Waals surface area contributed by atoms with Gasteiger partial charge in [0.2, 0.25) is 0 Å². The van der Waals surface area contributed by atoms with Crippen molar-refractivity contribution in [1.82, 2.24) is 9.78 Å². The molecule has 6 heteroatoms. The van der Waals surface area contributed by atoms with Crippen LogP contribution in [-0.2, 0) is 6.54 Å². The third-order valence-electron chi connectivity index (χ3n) is 3.30. The van der Waals surface area contributed by atoms with Crippen molar-refractivity contribution in [3.05, 3.63) is 81.4 Å². The minimum absolute atomic E-state index is 0.194. The van der Waals surface area contributed by atoms with E-state index in [1.165, 1.54) is 6.07 Å². The van der Waals surface area contributed by atoms with Crippen LogP contribution < -0.4 is 5.32 Å². The van der Waals surface area contributed by atoms with Gasteiger partial charge in [0, 0.05) is 15.3 Å². The number of nitrogens with one attached hydrogen (secondary N) is 1. The Hall–Kier alpha value is -2.22. The highest BCUT2D eigenvalue weighted by Gasteiger charge is 2.11. The topological polar surface area (TPSA) is 46.9 Å². The molecule has 1 heterocycles. The normalized spacial score (nSPS) is 10.5. The van der Waals surface area contributed by atoms with E-state index in [9.17, 15) is 9.18 Å². The smallest absolute Gasteiger partial charge is 0.256 e. The summed E-state index contributed by atoms with van der Waals surface area (Å²) in [5.74, 6) is -0.465. The molecule has 0 atom stereocenters. The summed E-state index contributed by atoms with van der Waals surface area (Å²) in [6.07, 6.45) is 3.23. The molecule has 116 valence electrons. The fourth-order valence-electron chi connectivity index (χ4n) is 2.16. The summed E-state index contributed by atoms with van der Waals surface area (Å²) in [7, 11) is 0. The van der Waals surface area contributed by atoms with Crippen molar-refractivity contribution >= 4 is 34.2 Å². The number of nitrogens with zero attached hydrogens (tertiary/aromatic N) is 2. The number of rotatable bonds is 4. The number of hydrogen-bond acceptors (Lipinski definition) is 2. The van der Waals surface area contributed by atoms with Crippen molar-refractivity contribution in [2.45, 2.75) is 6.54 Å². The standard InChI is InChI=1S/C17H13FIN3O/c18-15-7-3-1-5-12(15)10-22-11-13(9-20-22)21-17(23)14-6-2-4-8-16(14)19/h1-9,11H,10H2,(H,21,23). The van der Waals surface area contributed by atoms with Gasteiger partial charge in [-0.25, -0.2) is 4.39 Å². The maximum Gasteiger partial charge on any atom is 0.256 e. The maximum atomic E-state index is 13.6. The fourth-order valence-corrected chi connectivity index (χ4v) is 2.79. The Kier molecular flexibility index (Phi) is 4.71. The molecule has 0 aliphatic carbocycles. The molecular weight excluding hydrogens is 408 g/mol. The maximum absolute atomic E-state index is 13.6. The first-order chi connectivity index (χ1) is 11.1. The molecule has 0 fully saturated rings. The first kappa shape index (κ1) is 15.7. The van der Waals surface area contributed by atoms with Gasteiger partial charge in [-0.15, -0.1) is 0 Å². The number of benzene rings is 2. The Balaban J connectivity index is 1.72. The summed E-state index contributed by atoms with van der Waals surface area (Å²) >= 11 is 2.12. The zero-order valence-electron chi connectivity index (χ0n) is 12.0. The summed E-state index contributed by atoms with van der Waals surface area (Å²) in [6, 6.07) is 13.9. The minimum Gasteiger partial charge on any atom is -0.319 e. The van der Waals surface area contributed by atoms with Crippen molar-refractivity contribution < 1.29 is 9.18 Å². The van der Waals surface area contributed by atoms with Crippen LogP contribution in [0.25, 0.3) is 0 Å². The average Bonchev–Trinajstić information content (AvgIpc) is 2.97. The third-order valence-corrected chi connectivity index (χ3v) is 4.24. The van der Waals surface area contributed by atoms with E-state index in [2.05, 4.69) is 33.0 Å². The summed E-state index contributed by atoms with van der Waals surface area (Å²) in [6.45, 7) is 0.311. The van der Waals surface area contributed by atoms with Gasteiger partial charge in [0.15, 0.2) is 0 Å². The Morgan fingerprint density at radius 3 is 2.70 bits per heavy atom. The molecule has 3 rings (SSSR count). The molecular formula is C17H13FIN3O. The van der Waals surface area contributed by atoms with Crippen LogP contribution in [-0.4, -0.2) is 15.7 Å². The molecule has 23 heavy (non-hydrogen) atoms. The van der Waals surface area contributed by atoms with Crippen molar-refractivity contribution in [2.24, 2.45) is 0 Å². The molecule has 1 aromatic heterocycles. The van der Waals surface area contributed by atoms with E-state index in [-0.39, 0.29) is 11.7 Å². The summed E-state index contributed by atoms with van der Waals surface area (Å²) < 4.78 is 16.1. The van der Waals surface area contributed by atoms with Crippen molar-refractivity contribution in [2.75, 3.05) is 5.32 Å². The van der Waals surface area contributed by atoms with Gasteiger partial charge < -0.3 is 5.32 Å². The summed E-state index contributed by atoms with van der Waals surface area (Å²) in [4.78, 5) is 12.2. The first-order valence-corrected chi connectivity index (χ1v) is 8.03. The number of hydrogen-bond donors (Lipinski definition) is 1. The Morgan fingerprint density at radius 2 is 1.91 bits per heavy atom. The van der Waals surface area contributed by atoms with E-state index in [1.807, 2.05) is 18.2 Å². The van der Waals surface area contributed by atoms with E-state index in [0.717, 1.165) is 3.57 Å². The van der Waals surface area contributed by atoms with Crippen molar-refractivity contribution in [3.8, 4) is 0 Å². The van der Waals surface area contributed by atoms with Crippen LogP contribution in [0.4, 0.5) is 10.1 Å². The quantitative estimate of drug-likeness (QED) is 0.650. The highest BCUT2D eigenvalue weighted by atomic mass is 127. The third kappa shape index (κ3) is 3.76. The number of amides is 1. The van der Waals surface area contributed by atoms with Crippen molar-refractivity contribution in [1.29, 1.82) is 0 Å². The minimum atomic E-state index is -0.271. The predicted octanol–water partition coefficient (Wildman–Crippen LogP) is 3.93. The van der Waals surface area contributed by atoms with E-state index in [1.54, 1.807) is 41.3 Å². The van der Waals surface area contributed by atoms with Gasteiger partial charge in [0.1, 0.15) is 5.82 Å². The van der Waals surface area contributed by atoms with Crippen LogP contribution in [0, 0.1) is 9.39 Å². The molecule has 1 amide bonds. The van der Waals surface area contributed by atoms with Crippen molar-refractivity contribution in [3.63, 3.8) is 0 Å². The number of anilines is 1. The van der Waals surface area contributed by atoms with Gasteiger partial charge >= 0.3 is 0 Å². The number of halogens is 2. The molecule has 4 nitrogen and oxygen atoms in total. The zero-order chi connectivity index (χ0) is 16.2.